The zero-order valence-corrected chi connectivity index (χ0v) is 11.3. The highest BCUT2D eigenvalue weighted by Crippen LogP contribution is 2.38. The summed E-state index contributed by atoms with van der Waals surface area (Å²) < 4.78 is 0. The van der Waals surface area contributed by atoms with Gasteiger partial charge in [-0.3, -0.25) is 4.79 Å². The topological polar surface area (TPSA) is 89.9 Å². The third-order valence-corrected chi connectivity index (χ3v) is 4.50. The number of piperidine rings is 1. The molecule has 6 nitrogen and oxygen atoms in total. The Kier molecular flexibility index (Phi) is 3.99. The molecule has 2 rings (SSSR count). The summed E-state index contributed by atoms with van der Waals surface area (Å²) in [5.41, 5.74) is -0.856. The van der Waals surface area contributed by atoms with Crippen LogP contribution in [0.4, 0.5) is 4.79 Å². The van der Waals surface area contributed by atoms with Crippen LogP contribution < -0.4 is 5.32 Å². The molecular formula is C13H22N2O4. The Balaban J connectivity index is 1.93. The Morgan fingerprint density at radius 2 is 1.89 bits per heavy atom. The molecule has 1 saturated carbocycles. The summed E-state index contributed by atoms with van der Waals surface area (Å²) in [5.74, 6) is -0.843. The van der Waals surface area contributed by atoms with E-state index in [1.165, 1.54) is 0 Å². The van der Waals surface area contributed by atoms with Crippen LogP contribution >= 0.6 is 0 Å². The van der Waals surface area contributed by atoms with Crippen LogP contribution in [0.15, 0.2) is 0 Å². The van der Waals surface area contributed by atoms with Crippen molar-refractivity contribution in [2.24, 2.45) is 5.41 Å². The fraction of sp³-hybridized carbons (Fsp3) is 0.846. The van der Waals surface area contributed by atoms with E-state index in [0.717, 1.165) is 6.42 Å². The highest BCUT2D eigenvalue weighted by atomic mass is 16.4. The van der Waals surface area contributed by atoms with Crippen molar-refractivity contribution < 1.29 is 19.8 Å². The standard InChI is InChI=1S/C13H22N2O4/c1-13(11(17)18)6-2-3-10(13)14-12(19)15-7-4-9(16)5-8-15/h9-10,16H,2-8H2,1H3,(H,14,19)(H,17,18). The summed E-state index contributed by atoms with van der Waals surface area (Å²) in [4.78, 5) is 25.1. The van der Waals surface area contributed by atoms with Gasteiger partial charge in [-0.25, -0.2) is 4.79 Å². The van der Waals surface area contributed by atoms with Gasteiger partial charge in [0, 0.05) is 19.1 Å². The lowest BCUT2D eigenvalue weighted by atomic mass is 9.85. The summed E-state index contributed by atoms with van der Waals surface area (Å²) in [5, 5.41) is 21.6. The van der Waals surface area contributed by atoms with Crippen molar-refractivity contribution in [2.45, 2.75) is 51.2 Å². The van der Waals surface area contributed by atoms with Crippen LogP contribution in [0.25, 0.3) is 0 Å². The first-order valence-corrected chi connectivity index (χ1v) is 6.90. The molecule has 108 valence electrons. The molecule has 1 saturated heterocycles. The summed E-state index contributed by atoms with van der Waals surface area (Å²) >= 11 is 0. The average molecular weight is 270 g/mol. The van der Waals surface area contributed by atoms with E-state index in [1.807, 2.05) is 0 Å². The van der Waals surface area contributed by atoms with Crippen LogP contribution in [0.1, 0.15) is 39.0 Å². The van der Waals surface area contributed by atoms with E-state index in [4.69, 9.17) is 0 Å². The average Bonchev–Trinajstić information content (AvgIpc) is 2.73. The molecular weight excluding hydrogens is 248 g/mol. The van der Waals surface area contributed by atoms with E-state index in [2.05, 4.69) is 5.32 Å². The number of aliphatic hydroxyl groups excluding tert-OH is 1. The maximum Gasteiger partial charge on any atom is 0.317 e. The first-order valence-electron chi connectivity index (χ1n) is 6.90. The Morgan fingerprint density at radius 3 is 2.47 bits per heavy atom. The molecule has 0 radical (unpaired) electrons. The number of carbonyl (C=O) groups excluding carboxylic acids is 1. The Hall–Kier alpha value is -1.30. The van der Waals surface area contributed by atoms with E-state index >= 15 is 0 Å². The van der Waals surface area contributed by atoms with Gasteiger partial charge in [0.15, 0.2) is 0 Å². The molecule has 1 heterocycles. The summed E-state index contributed by atoms with van der Waals surface area (Å²) in [7, 11) is 0. The Labute approximate surface area is 112 Å². The lowest BCUT2D eigenvalue weighted by Crippen LogP contribution is -2.53. The number of carbonyl (C=O) groups is 2. The first-order chi connectivity index (χ1) is 8.93. The molecule has 2 aliphatic rings. The third kappa shape index (κ3) is 2.83. The smallest absolute Gasteiger partial charge is 0.317 e. The van der Waals surface area contributed by atoms with E-state index in [0.29, 0.717) is 38.8 Å². The fourth-order valence-corrected chi connectivity index (χ4v) is 2.96. The number of hydrogen-bond acceptors (Lipinski definition) is 3. The fourth-order valence-electron chi connectivity index (χ4n) is 2.96. The third-order valence-electron chi connectivity index (χ3n) is 4.50. The number of aliphatic hydroxyl groups is 1. The maximum atomic E-state index is 12.1. The van der Waals surface area contributed by atoms with Gasteiger partial charge in [0.05, 0.1) is 11.5 Å². The number of carboxylic acid groups (broad SMARTS) is 1. The summed E-state index contributed by atoms with van der Waals surface area (Å²) in [6.07, 6.45) is 3.01. The molecule has 0 aromatic rings. The normalized spacial score (nSPS) is 32.3. The zero-order chi connectivity index (χ0) is 14.0. The van der Waals surface area contributed by atoms with Crippen LogP contribution in [0.3, 0.4) is 0 Å². The number of hydrogen-bond donors (Lipinski definition) is 3. The number of amides is 2. The second-order valence-corrected chi connectivity index (χ2v) is 5.84. The van der Waals surface area contributed by atoms with Crippen molar-refractivity contribution in [1.82, 2.24) is 10.2 Å². The number of nitrogens with one attached hydrogen (secondary N) is 1. The van der Waals surface area contributed by atoms with Gasteiger partial charge < -0.3 is 20.4 Å². The molecule has 2 atom stereocenters. The molecule has 2 amide bonds. The maximum absolute atomic E-state index is 12.1. The van der Waals surface area contributed by atoms with Crippen LogP contribution in [0, 0.1) is 5.41 Å². The molecule has 0 bridgehead atoms. The van der Waals surface area contributed by atoms with E-state index in [9.17, 15) is 19.8 Å². The van der Waals surface area contributed by atoms with Gasteiger partial charge in [-0.15, -0.1) is 0 Å². The first kappa shape index (κ1) is 14.1. The molecule has 0 spiro atoms. The van der Waals surface area contributed by atoms with Crippen LogP contribution in [-0.4, -0.2) is 52.3 Å². The number of likely N-dealkylation sites (tertiary alicyclic amines) is 1. The van der Waals surface area contributed by atoms with Crippen molar-refractivity contribution >= 4 is 12.0 Å². The van der Waals surface area contributed by atoms with Gasteiger partial charge >= 0.3 is 12.0 Å². The molecule has 2 fully saturated rings. The minimum Gasteiger partial charge on any atom is -0.481 e. The van der Waals surface area contributed by atoms with E-state index in [1.54, 1.807) is 11.8 Å². The van der Waals surface area contributed by atoms with Crippen LogP contribution in [-0.2, 0) is 4.79 Å². The van der Waals surface area contributed by atoms with Crippen molar-refractivity contribution in [2.75, 3.05) is 13.1 Å². The molecule has 0 aromatic carbocycles. The molecule has 3 N–H and O–H groups in total. The van der Waals surface area contributed by atoms with Gasteiger partial charge in [0.2, 0.25) is 0 Å². The van der Waals surface area contributed by atoms with Crippen molar-refractivity contribution in [3.63, 3.8) is 0 Å². The van der Waals surface area contributed by atoms with Crippen molar-refractivity contribution in [3.8, 4) is 0 Å². The van der Waals surface area contributed by atoms with Gasteiger partial charge in [0.1, 0.15) is 0 Å². The summed E-state index contributed by atoms with van der Waals surface area (Å²) in [6, 6.07) is -0.504. The predicted octanol–water partition coefficient (Wildman–Crippen LogP) is 0.796. The minimum atomic E-state index is -0.856. The highest BCUT2D eigenvalue weighted by molar-refractivity contribution is 5.79. The predicted molar refractivity (Wildman–Crippen MR) is 68.7 cm³/mol. The summed E-state index contributed by atoms with van der Waals surface area (Å²) in [6.45, 7) is 2.76. The molecule has 19 heavy (non-hydrogen) atoms. The lowest BCUT2D eigenvalue weighted by molar-refractivity contribution is -0.148. The highest BCUT2D eigenvalue weighted by Gasteiger charge is 2.46. The van der Waals surface area contributed by atoms with Crippen LogP contribution in [0.2, 0.25) is 0 Å². The second kappa shape index (κ2) is 5.36. The van der Waals surface area contributed by atoms with Gasteiger partial charge in [-0.2, -0.15) is 0 Å². The number of nitrogens with zero attached hydrogens (tertiary/aromatic N) is 1. The van der Waals surface area contributed by atoms with Crippen LogP contribution in [0.5, 0.6) is 0 Å². The Morgan fingerprint density at radius 1 is 1.26 bits per heavy atom. The quantitative estimate of drug-likeness (QED) is 0.692. The largest absolute Gasteiger partial charge is 0.481 e. The van der Waals surface area contributed by atoms with E-state index < -0.39 is 11.4 Å². The zero-order valence-electron chi connectivity index (χ0n) is 11.3. The minimum absolute atomic E-state index is 0.203. The van der Waals surface area contributed by atoms with Gasteiger partial charge in [-0.05, 0) is 32.6 Å². The molecule has 6 heteroatoms. The number of urea groups is 1. The SMILES string of the molecule is CC1(C(=O)O)CCCC1NC(=O)N1CCC(O)CC1. The van der Waals surface area contributed by atoms with Crippen molar-refractivity contribution in [3.05, 3.63) is 0 Å². The molecule has 2 unspecified atom stereocenters. The number of carboxylic acids is 1. The second-order valence-electron chi connectivity index (χ2n) is 5.84. The number of aliphatic carboxylic acids is 1. The van der Waals surface area contributed by atoms with Gasteiger partial charge in [0.25, 0.3) is 0 Å². The molecule has 0 aromatic heterocycles. The Bertz CT molecular complexity index is 366. The molecule has 1 aliphatic carbocycles. The monoisotopic (exact) mass is 270 g/mol. The molecule has 1 aliphatic heterocycles. The van der Waals surface area contributed by atoms with Crippen molar-refractivity contribution in [1.29, 1.82) is 0 Å². The van der Waals surface area contributed by atoms with E-state index in [-0.39, 0.29) is 18.2 Å². The van der Waals surface area contributed by atoms with Gasteiger partial charge in [-0.1, -0.05) is 6.42 Å². The number of rotatable bonds is 2. The lowest BCUT2D eigenvalue weighted by Gasteiger charge is -2.33.